The summed E-state index contributed by atoms with van der Waals surface area (Å²) in [7, 11) is -3.64. The third kappa shape index (κ3) is 4.16. The smallest absolute Gasteiger partial charge is 0.240 e. The number of hydrogen-bond acceptors (Lipinski definition) is 5. The first kappa shape index (κ1) is 21.7. The highest BCUT2D eigenvalue weighted by molar-refractivity contribution is 7.89. The van der Waals surface area contributed by atoms with Crippen molar-refractivity contribution in [3.63, 3.8) is 0 Å². The van der Waals surface area contributed by atoms with Crippen molar-refractivity contribution < 1.29 is 8.42 Å². The molecule has 3 atom stereocenters. The highest BCUT2D eigenvalue weighted by atomic mass is 32.2. The maximum atomic E-state index is 13.2. The predicted molar refractivity (Wildman–Crippen MR) is 127 cm³/mol. The Morgan fingerprint density at radius 1 is 1.00 bits per heavy atom. The van der Waals surface area contributed by atoms with Gasteiger partial charge in [-0.25, -0.2) is 13.1 Å². The molecule has 2 aromatic heterocycles. The molecule has 1 unspecified atom stereocenters. The van der Waals surface area contributed by atoms with Gasteiger partial charge in [0.15, 0.2) is 0 Å². The van der Waals surface area contributed by atoms with Crippen LogP contribution >= 0.6 is 0 Å². The van der Waals surface area contributed by atoms with Gasteiger partial charge in [0, 0.05) is 23.2 Å². The zero-order valence-electron chi connectivity index (χ0n) is 18.5. The normalized spacial score (nSPS) is 23.5. The molecule has 33 heavy (non-hydrogen) atoms. The average molecular weight is 462 g/mol. The number of fused-ring (bicyclic) bond motifs is 1. The molecule has 0 amide bonds. The molecule has 170 valence electrons. The van der Waals surface area contributed by atoms with Crippen molar-refractivity contribution >= 4 is 20.9 Å². The van der Waals surface area contributed by atoms with Gasteiger partial charge in [-0.05, 0) is 55.4 Å². The van der Waals surface area contributed by atoms with Crippen LogP contribution in [0.4, 0.5) is 0 Å². The Labute approximate surface area is 193 Å². The Kier molecular flexibility index (Phi) is 5.72. The number of nitrogens with one attached hydrogen (secondary N) is 1. The van der Waals surface area contributed by atoms with Gasteiger partial charge >= 0.3 is 0 Å². The second kappa shape index (κ2) is 8.68. The molecule has 1 fully saturated rings. The Morgan fingerprint density at radius 3 is 2.52 bits per heavy atom. The van der Waals surface area contributed by atoms with Crippen LogP contribution in [0.1, 0.15) is 44.1 Å². The molecule has 8 heteroatoms. The lowest BCUT2D eigenvalue weighted by atomic mass is 9.69. The van der Waals surface area contributed by atoms with Crippen LogP contribution in [-0.2, 0) is 15.6 Å². The van der Waals surface area contributed by atoms with Crippen molar-refractivity contribution in [2.75, 3.05) is 0 Å². The minimum atomic E-state index is -3.64. The molecule has 0 radical (unpaired) electrons. The molecule has 1 aliphatic carbocycles. The van der Waals surface area contributed by atoms with E-state index < -0.39 is 10.0 Å². The molecule has 0 aliphatic heterocycles. The van der Waals surface area contributed by atoms with Crippen LogP contribution in [0.2, 0.25) is 0 Å². The molecule has 2 aromatic carbocycles. The van der Waals surface area contributed by atoms with Gasteiger partial charge in [-0.3, -0.25) is 4.98 Å². The van der Waals surface area contributed by atoms with E-state index in [2.05, 4.69) is 55.7 Å². The Bertz CT molecular complexity index is 1340. The van der Waals surface area contributed by atoms with Crippen LogP contribution in [0.15, 0.2) is 84.4 Å². The summed E-state index contributed by atoms with van der Waals surface area (Å²) < 4.78 is 31.4. The molecule has 2 heterocycles. The Hall–Kier alpha value is -3.10. The van der Waals surface area contributed by atoms with E-state index in [1.807, 2.05) is 18.3 Å². The van der Waals surface area contributed by atoms with E-state index in [1.165, 1.54) is 0 Å². The Balaban J connectivity index is 1.56. The summed E-state index contributed by atoms with van der Waals surface area (Å²) in [5.74, 6) is 0.128. The van der Waals surface area contributed by atoms with E-state index in [-0.39, 0.29) is 22.4 Å². The van der Waals surface area contributed by atoms with Gasteiger partial charge in [0.25, 0.3) is 0 Å². The fourth-order valence-corrected chi connectivity index (χ4v) is 6.58. The topological polar surface area (TPSA) is 89.8 Å². The molecular formula is C25H27N5O2S. The fraction of sp³-hybridized carbons (Fsp3) is 0.320. The number of hydrogen-bond donors (Lipinski definition) is 1. The van der Waals surface area contributed by atoms with Crippen molar-refractivity contribution in [1.29, 1.82) is 0 Å². The van der Waals surface area contributed by atoms with Gasteiger partial charge in [0.05, 0.1) is 10.4 Å². The van der Waals surface area contributed by atoms with E-state index >= 15 is 0 Å². The first-order valence-corrected chi connectivity index (χ1v) is 12.8. The number of nitrogens with zero attached hydrogens (tertiary/aromatic N) is 4. The molecule has 1 N–H and O–H groups in total. The monoisotopic (exact) mass is 461 g/mol. The molecule has 0 spiro atoms. The van der Waals surface area contributed by atoms with E-state index in [0.717, 1.165) is 29.3 Å². The number of rotatable bonds is 6. The zero-order valence-corrected chi connectivity index (χ0v) is 19.3. The minimum Gasteiger partial charge on any atom is -0.314 e. The van der Waals surface area contributed by atoms with E-state index in [4.69, 9.17) is 0 Å². The van der Waals surface area contributed by atoms with Gasteiger partial charge in [-0.15, -0.1) is 10.2 Å². The number of pyridine rings is 1. The van der Waals surface area contributed by atoms with Crippen molar-refractivity contribution in [1.82, 2.24) is 24.5 Å². The van der Waals surface area contributed by atoms with Crippen molar-refractivity contribution in [2.45, 2.75) is 55.0 Å². The summed E-state index contributed by atoms with van der Waals surface area (Å²) in [6.07, 6.45) is 8.38. The maximum absolute atomic E-state index is 13.2. The SMILES string of the molecule is CC[C@@]1(n2cnnc2)CC(c2cccc3cccnc23)C[C@H](NS(=O)(=O)c2ccccc2)C1. The van der Waals surface area contributed by atoms with Crippen molar-refractivity contribution in [3.05, 3.63) is 85.1 Å². The van der Waals surface area contributed by atoms with E-state index in [0.29, 0.717) is 12.8 Å². The first-order valence-electron chi connectivity index (χ1n) is 11.3. The van der Waals surface area contributed by atoms with Gasteiger partial charge in [-0.1, -0.05) is 49.4 Å². The van der Waals surface area contributed by atoms with Crippen LogP contribution in [0.5, 0.6) is 0 Å². The third-order valence-electron chi connectivity index (χ3n) is 6.93. The second-order valence-corrected chi connectivity index (χ2v) is 10.6. The molecule has 0 saturated heterocycles. The molecule has 5 rings (SSSR count). The van der Waals surface area contributed by atoms with Crippen LogP contribution < -0.4 is 4.72 Å². The number of para-hydroxylation sites is 1. The summed E-state index contributed by atoms with van der Waals surface area (Å²) in [5.41, 5.74) is 1.83. The first-order chi connectivity index (χ1) is 16.0. The zero-order chi connectivity index (χ0) is 22.9. The lowest BCUT2D eigenvalue weighted by Crippen LogP contribution is -2.48. The van der Waals surface area contributed by atoms with Crippen LogP contribution in [0.25, 0.3) is 10.9 Å². The standard InChI is InChI=1S/C25H27N5O2S/c1-2-25(30-17-27-28-18-30)15-20(23-12-6-8-19-9-7-13-26-24(19)23)14-21(16-25)29-33(31,32)22-10-4-3-5-11-22/h3-13,17-18,20-21,29H,2,14-16H2,1H3/t20?,21-,25+/m0/s1. The number of aromatic nitrogens is 4. The summed E-state index contributed by atoms with van der Waals surface area (Å²) in [4.78, 5) is 4.95. The minimum absolute atomic E-state index is 0.128. The van der Waals surface area contributed by atoms with Gasteiger partial charge < -0.3 is 4.57 Å². The molecule has 0 bridgehead atoms. The molecule has 4 aromatic rings. The lowest BCUT2D eigenvalue weighted by molar-refractivity contribution is 0.145. The molecule has 1 saturated carbocycles. The van der Waals surface area contributed by atoms with Crippen LogP contribution in [0, 0.1) is 0 Å². The summed E-state index contributed by atoms with van der Waals surface area (Å²) in [5, 5.41) is 9.19. The van der Waals surface area contributed by atoms with Crippen LogP contribution in [0.3, 0.4) is 0 Å². The van der Waals surface area contributed by atoms with Crippen LogP contribution in [-0.4, -0.2) is 34.2 Å². The molecule has 7 nitrogen and oxygen atoms in total. The van der Waals surface area contributed by atoms with E-state index in [9.17, 15) is 8.42 Å². The maximum Gasteiger partial charge on any atom is 0.240 e. The fourth-order valence-electron chi connectivity index (χ4n) is 5.31. The van der Waals surface area contributed by atoms with Crippen molar-refractivity contribution in [2.24, 2.45) is 0 Å². The summed E-state index contributed by atoms with van der Waals surface area (Å²) in [6.45, 7) is 2.15. The van der Waals surface area contributed by atoms with Gasteiger partial charge in [0.1, 0.15) is 12.7 Å². The Morgan fingerprint density at radius 2 is 1.76 bits per heavy atom. The highest BCUT2D eigenvalue weighted by Crippen LogP contribution is 2.46. The lowest BCUT2D eigenvalue weighted by Gasteiger charge is -2.45. The second-order valence-electron chi connectivity index (χ2n) is 8.84. The molecule has 1 aliphatic rings. The number of sulfonamides is 1. The predicted octanol–water partition coefficient (Wildman–Crippen LogP) is 4.25. The average Bonchev–Trinajstić information content (AvgIpc) is 3.39. The van der Waals surface area contributed by atoms with Gasteiger partial charge in [0.2, 0.25) is 10.0 Å². The highest BCUT2D eigenvalue weighted by Gasteiger charge is 2.43. The van der Waals surface area contributed by atoms with Gasteiger partial charge in [-0.2, -0.15) is 0 Å². The molecular weight excluding hydrogens is 434 g/mol. The quantitative estimate of drug-likeness (QED) is 0.464. The third-order valence-corrected chi connectivity index (χ3v) is 8.46. The summed E-state index contributed by atoms with van der Waals surface area (Å²) in [6, 6.07) is 18.6. The van der Waals surface area contributed by atoms with Crippen molar-refractivity contribution in [3.8, 4) is 0 Å². The largest absolute Gasteiger partial charge is 0.314 e. The van der Waals surface area contributed by atoms with E-state index in [1.54, 1.807) is 36.9 Å². The summed E-state index contributed by atoms with van der Waals surface area (Å²) >= 11 is 0. The number of benzene rings is 2.